The van der Waals surface area contributed by atoms with Crippen LogP contribution >= 0.6 is 0 Å². The minimum atomic E-state index is -5.93. The molecule has 16 heteroatoms. The molecule has 1 aromatic carbocycles. The van der Waals surface area contributed by atoms with Crippen LogP contribution in [0.3, 0.4) is 0 Å². The Labute approximate surface area is 223 Å². The molecule has 1 aromatic rings. The zero-order valence-corrected chi connectivity index (χ0v) is 22.1. The van der Waals surface area contributed by atoms with Crippen LogP contribution in [0.5, 0.6) is 5.75 Å². The van der Waals surface area contributed by atoms with Gasteiger partial charge in [-0.1, -0.05) is 6.07 Å². The van der Waals surface area contributed by atoms with Crippen LogP contribution in [0.2, 0.25) is 0 Å². The number of esters is 2. The Hall–Kier alpha value is -2.75. The Morgan fingerprint density at radius 1 is 0.975 bits per heavy atom. The van der Waals surface area contributed by atoms with Crippen LogP contribution in [0.25, 0.3) is 0 Å². The SMILES string of the molecule is CC(C)(C)OC(=O)C(C)(C)Oc1cc(C(F)(F)F)ccc1CN1CCNCC1C(=O)OC(C(F)(F)F)C(F)(F)F. The fraction of sp³-hybridized carbons (Fsp3) is 0.667. The highest BCUT2D eigenvalue weighted by atomic mass is 19.4. The molecule has 1 heterocycles. The van der Waals surface area contributed by atoms with E-state index in [9.17, 15) is 49.1 Å². The topological polar surface area (TPSA) is 77.1 Å². The maximum Gasteiger partial charge on any atom is 0.434 e. The summed E-state index contributed by atoms with van der Waals surface area (Å²) in [6.07, 6.45) is -21.0. The maximum atomic E-state index is 13.4. The molecule has 0 bridgehead atoms. The lowest BCUT2D eigenvalue weighted by Crippen LogP contribution is -2.57. The highest BCUT2D eigenvalue weighted by Gasteiger charge is 2.60. The van der Waals surface area contributed by atoms with Crippen LogP contribution in [0, 0.1) is 0 Å². The zero-order valence-electron chi connectivity index (χ0n) is 22.1. The number of rotatable bonds is 7. The van der Waals surface area contributed by atoms with Gasteiger partial charge in [0.2, 0.25) is 0 Å². The van der Waals surface area contributed by atoms with Crippen LogP contribution in [-0.2, 0) is 31.8 Å². The van der Waals surface area contributed by atoms with Crippen molar-refractivity contribution in [3.8, 4) is 5.75 Å². The van der Waals surface area contributed by atoms with Crippen molar-refractivity contribution in [2.24, 2.45) is 0 Å². The van der Waals surface area contributed by atoms with Gasteiger partial charge < -0.3 is 19.5 Å². The van der Waals surface area contributed by atoms with E-state index in [1.54, 1.807) is 20.8 Å². The average molecular weight is 596 g/mol. The molecule has 1 N–H and O–H groups in total. The van der Waals surface area contributed by atoms with E-state index in [4.69, 9.17) is 9.47 Å². The molecule has 1 saturated heterocycles. The molecule has 1 fully saturated rings. The van der Waals surface area contributed by atoms with E-state index in [0.29, 0.717) is 12.1 Å². The minimum Gasteiger partial charge on any atom is -0.476 e. The molecule has 0 aromatic heterocycles. The number of hydrogen-bond donors (Lipinski definition) is 1. The number of ether oxygens (including phenoxy) is 3. The van der Waals surface area contributed by atoms with Gasteiger partial charge in [0.1, 0.15) is 17.4 Å². The van der Waals surface area contributed by atoms with Crippen molar-refractivity contribution in [3.63, 3.8) is 0 Å². The third kappa shape index (κ3) is 9.14. The fourth-order valence-corrected chi connectivity index (χ4v) is 3.57. The third-order valence-electron chi connectivity index (χ3n) is 5.48. The van der Waals surface area contributed by atoms with E-state index in [0.717, 1.165) is 11.0 Å². The second kappa shape index (κ2) is 11.6. The predicted molar refractivity (Wildman–Crippen MR) is 121 cm³/mol. The molecule has 1 aliphatic rings. The van der Waals surface area contributed by atoms with Crippen LogP contribution in [0.15, 0.2) is 18.2 Å². The smallest absolute Gasteiger partial charge is 0.434 e. The summed E-state index contributed by atoms with van der Waals surface area (Å²) < 4.78 is 133. The molecule has 0 radical (unpaired) electrons. The van der Waals surface area contributed by atoms with Crippen LogP contribution in [0.4, 0.5) is 39.5 Å². The van der Waals surface area contributed by atoms with Gasteiger partial charge in [0.05, 0.1) is 5.56 Å². The highest BCUT2D eigenvalue weighted by molar-refractivity contribution is 5.79. The van der Waals surface area contributed by atoms with Crippen molar-refractivity contribution in [1.29, 1.82) is 0 Å². The number of benzene rings is 1. The van der Waals surface area contributed by atoms with E-state index in [-0.39, 0.29) is 18.7 Å². The Morgan fingerprint density at radius 2 is 1.55 bits per heavy atom. The molecule has 1 unspecified atom stereocenters. The van der Waals surface area contributed by atoms with Crippen molar-refractivity contribution in [3.05, 3.63) is 29.3 Å². The average Bonchev–Trinajstić information content (AvgIpc) is 2.75. The maximum absolute atomic E-state index is 13.4. The van der Waals surface area contributed by atoms with Crippen molar-refractivity contribution < 1.29 is 63.3 Å². The van der Waals surface area contributed by atoms with Crippen molar-refractivity contribution >= 4 is 11.9 Å². The van der Waals surface area contributed by atoms with E-state index < -0.39 is 78.2 Å². The van der Waals surface area contributed by atoms with E-state index in [1.165, 1.54) is 13.8 Å². The summed E-state index contributed by atoms with van der Waals surface area (Å²) in [5.41, 5.74) is -3.97. The standard InChI is InChI=1S/C24H29F9N2O5/c1-20(2,3)40-19(37)21(4,5)39-16-10-14(22(25,26)27)7-6-13(16)12-35-9-8-34-11-15(35)17(36)38-18(23(28,29)30)24(31,32)33/h6-7,10,15,18,34H,8-9,11-12H2,1-5H3. The van der Waals surface area contributed by atoms with E-state index >= 15 is 0 Å². The highest BCUT2D eigenvalue weighted by Crippen LogP contribution is 2.37. The first-order valence-corrected chi connectivity index (χ1v) is 11.8. The number of hydrogen-bond acceptors (Lipinski definition) is 7. The van der Waals surface area contributed by atoms with Gasteiger partial charge >= 0.3 is 30.5 Å². The summed E-state index contributed by atoms with van der Waals surface area (Å²) in [7, 11) is 0. The van der Waals surface area contributed by atoms with Gasteiger partial charge in [-0.15, -0.1) is 0 Å². The van der Waals surface area contributed by atoms with Gasteiger partial charge in [0.15, 0.2) is 5.60 Å². The summed E-state index contributed by atoms with van der Waals surface area (Å²) >= 11 is 0. The fourth-order valence-electron chi connectivity index (χ4n) is 3.57. The molecule has 1 atom stereocenters. The Kier molecular flexibility index (Phi) is 9.72. The normalized spacial score (nSPS) is 18.0. The Balaban J connectivity index is 2.41. The first-order valence-electron chi connectivity index (χ1n) is 11.8. The number of halogens is 9. The van der Waals surface area contributed by atoms with E-state index in [2.05, 4.69) is 10.1 Å². The van der Waals surface area contributed by atoms with Crippen LogP contribution in [-0.4, -0.2) is 72.2 Å². The van der Waals surface area contributed by atoms with Gasteiger partial charge in [0.25, 0.3) is 6.10 Å². The second-order valence-corrected chi connectivity index (χ2v) is 10.5. The quantitative estimate of drug-likeness (QED) is 0.350. The number of carbonyl (C=O) groups excluding carboxylic acids is 2. The first-order chi connectivity index (χ1) is 17.9. The summed E-state index contributed by atoms with van der Waals surface area (Å²) in [6.45, 7) is 6.36. The first kappa shape index (κ1) is 33.5. The molecule has 228 valence electrons. The Bertz CT molecular complexity index is 1050. The molecule has 1 aliphatic heterocycles. The molecule has 0 spiro atoms. The molecular formula is C24H29F9N2O5. The third-order valence-corrected chi connectivity index (χ3v) is 5.48. The number of nitrogens with zero attached hydrogens (tertiary/aromatic N) is 1. The van der Waals surface area contributed by atoms with Crippen molar-refractivity contribution in [2.45, 2.75) is 83.0 Å². The molecule has 0 saturated carbocycles. The van der Waals surface area contributed by atoms with Gasteiger partial charge in [-0.05, 0) is 46.8 Å². The molecular weight excluding hydrogens is 567 g/mol. The number of nitrogens with one attached hydrogen (secondary N) is 1. The van der Waals surface area contributed by atoms with Crippen molar-refractivity contribution in [2.75, 3.05) is 19.6 Å². The molecule has 7 nitrogen and oxygen atoms in total. The lowest BCUT2D eigenvalue weighted by Gasteiger charge is -2.36. The summed E-state index contributed by atoms with van der Waals surface area (Å²) in [5, 5.41) is 2.65. The number of alkyl halides is 9. The monoisotopic (exact) mass is 596 g/mol. The summed E-state index contributed by atoms with van der Waals surface area (Å²) in [4.78, 5) is 26.3. The lowest BCUT2D eigenvalue weighted by molar-refractivity contribution is -0.314. The van der Waals surface area contributed by atoms with Gasteiger partial charge in [-0.2, -0.15) is 39.5 Å². The lowest BCUT2D eigenvalue weighted by atomic mass is 10.1. The van der Waals surface area contributed by atoms with Crippen LogP contribution < -0.4 is 10.1 Å². The number of carbonyl (C=O) groups is 2. The predicted octanol–water partition coefficient (Wildman–Crippen LogP) is 5.01. The molecule has 0 aliphatic carbocycles. The van der Waals surface area contributed by atoms with Crippen LogP contribution in [0.1, 0.15) is 45.7 Å². The second-order valence-electron chi connectivity index (χ2n) is 10.5. The molecule has 2 rings (SSSR count). The number of piperazine rings is 1. The molecule has 0 amide bonds. The van der Waals surface area contributed by atoms with Gasteiger partial charge in [0, 0.05) is 31.7 Å². The van der Waals surface area contributed by atoms with Gasteiger partial charge in [-0.25, -0.2) is 4.79 Å². The van der Waals surface area contributed by atoms with Gasteiger partial charge in [-0.3, -0.25) is 9.69 Å². The molecule has 40 heavy (non-hydrogen) atoms. The van der Waals surface area contributed by atoms with E-state index in [1.807, 2.05) is 0 Å². The summed E-state index contributed by atoms with van der Waals surface area (Å²) in [6, 6.07) is 0.596. The largest absolute Gasteiger partial charge is 0.476 e. The van der Waals surface area contributed by atoms with Crippen molar-refractivity contribution in [1.82, 2.24) is 10.2 Å². The minimum absolute atomic E-state index is 0.0347. The Morgan fingerprint density at radius 3 is 2.05 bits per heavy atom. The zero-order chi connectivity index (χ0) is 30.9. The summed E-state index contributed by atoms with van der Waals surface area (Å²) in [5.74, 6) is -3.22.